The Morgan fingerprint density at radius 2 is 1.90 bits per heavy atom. The number of sulfonamides is 1. The van der Waals surface area contributed by atoms with E-state index in [1.165, 1.54) is 12.1 Å². The van der Waals surface area contributed by atoms with Gasteiger partial charge in [0.2, 0.25) is 15.9 Å². The number of amides is 1. The van der Waals surface area contributed by atoms with Gasteiger partial charge in [-0.25, -0.2) is 13.1 Å². The molecule has 0 bridgehead atoms. The molecule has 168 valence electrons. The predicted octanol–water partition coefficient (Wildman–Crippen LogP) is 3.13. The minimum Gasteiger partial charge on any atom is -0.494 e. The van der Waals surface area contributed by atoms with Crippen molar-refractivity contribution >= 4 is 15.9 Å². The highest BCUT2D eigenvalue weighted by atomic mass is 32.2. The van der Waals surface area contributed by atoms with Crippen LogP contribution in [0.3, 0.4) is 0 Å². The molecule has 2 aromatic rings. The van der Waals surface area contributed by atoms with Crippen LogP contribution in [0.2, 0.25) is 0 Å². The summed E-state index contributed by atoms with van der Waals surface area (Å²) in [4.78, 5) is 14.6. The van der Waals surface area contributed by atoms with E-state index < -0.39 is 10.0 Å². The minimum absolute atomic E-state index is 0.0147. The fourth-order valence-corrected chi connectivity index (χ4v) is 4.44. The molecule has 1 atom stereocenters. The van der Waals surface area contributed by atoms with Crippen LogP contribution >= 0.6 is 0 Å². The molecular weight excluding hydrogens is 416 g/mol. The molecule has 1 amide bonds. The van der Waals surface area contributed by atoms with Crippen molar-refractivity contribution in [2.24, 2.45) is 0 Å². The van der Waals surface area contributed by atoms with E-state index in [9.17, 15) is 13.2 Å². The monoisotopic (exact) mass is 446 g/mol. The summed E-state index contributed by atoms with van der Waals surface area (Å²) >= 11 is 0. The van der Waals surface area contributed by atoms with Gasteiger partial charge in [0, 0.05) is 19.5 Å². The number of rotatable bonds is 10. The number of hydrogen-bond donors (Lipinski definition) is 1. The molecule has 1 unspecified atom stereocenters. The van der Waals surface area contributed by atoms with E-state index in [-0.39, 0.29) is 29.9 Å². The van der Waals surface area contributed by atoms with Crippen LogP contribution in [-0.2, 0) is 19.6 Å². The van der Waals surface area contributed by atoms with E-state index in [1.807, 2.05) is 37.3 Å². The van der Waals surface area contributed by atoms with E-state index in [4.69, 9.17) is 9.47 Å². The molecular formula is C23H30N2O5S. The van der Waals surface area contributed by atoms with Gasteiger partial charge in [-0.2, -0.15) is 0 Å². The van der Waals surface area contributed by atoms with E-state index in [0.717, 1.165) is 12.0 Å². The lowest BCUT2D eigenvalue weighted by atomic mass is 10.1. The van der Waals surface area contributed by atoms with Gasteiger partial charge >= 0.3 is 0 Å². The number of morpholine rings is 1. The van der Waals surface area contributed by atoms with Gasteiger partial charge in [-0.05, 0) is 42.7 Å². The Labute approximate surface area is 184 Å². The molecule has 0 radical (unpaired) electrons. The Hall–Kier alpha value is -2.42. The third kappa shape index (κ3) is 6.78. The summed E-state index contributed by atoms with van der Waals surface area (Å²) in [5, 5.41) is 0. The summed E-state index contributed by atoms with van der Waals surface area (Å²) in [6, 6.07) is 16.2. The third-order valence-electron chi connectivity index (χ3n) is 5.06. The Morgan fingerprint density at radius 3 is 2.61 bits per heavy atom. The fraction of sp³-hybridized carbons (Fsp3) is 0.435. The van der Waals surface area contributed by atoms with Gasteiger partial charge in [-0.3, -0.25) is 4.79 Å². The molecule has 0 spiro atoms. The van der Waals surface area contributed by atoms with Crippen LogP contribution in [0.15, 0.2) is 59.5 Å². The second kappa shape index (κ2) is 11.3. The SMILES string of the molecule is CCCOc1ccc(S(=O)(=O)NCCCC(=O)N2CCOC(c3ccccc3)C2)cc1. The van der Waals surface area contributed by atoms with Crippen molar-refractivity contribution in [1.29, 1.82) is 0 Å². The molecule has 31 heavy (non-hydrogen) atoms. The molecule has 8 heteroatoms. The first-order valence-electron chi connectivity index (χ1n) is 10.7. The first kappa shape index (κ1) is 23.2. The molecule has 1 aliphatic heterocycles. The lowest BCUT2D eigenvalue weighted by molar-refractivity contribution is -0.139. The second-order valence-corrected chi connectivity index (χ2v) is 9.20. The Morgan fingerprint density at radius 1 is 1.16 bits per heavy atom. The van der Waals surface area contributed by atoms with E-state index >= 15 is 0 Å². The third-order valence-corrected chi connectivity index (χ3v) is 6.53. The van der Waals surface area contributed by atoms with Crippen LogP contribution in [0.25, 0.3) is 0 Å². The van der Waals surface area contributed by atoms with Gasteiger partial charge in [0.15, 0.2) is 0 Å². The van der Waals surface area contributed by atoms with Crippen LogP contribution in [0.4, 0.5) is 0 Å². The first-order chi connectivity index (χ1) is 15.0. The summed E-state index contributed by atoms with van der Waals surface area (Å²) in [6.07, 6.45) is 1.48. The largest absolute Gasteiger partial charge is 0.494 e. The average Bonchev–Trinajstić information content (AvgIpc) is 2.81. The zero-order chi connectivity index (χ0) is 22.1. The lowest BCUT2D eigenvalue weighted by Crippen LogP contribution is -2.42. The Bertz CT molecular complexity index is 932. The van der Waals surface area contributed by atoms with Gasteiger partial charge in [0.05, 0.1) is 24.7 Å². The molecule has 2 aromatic carbocycles. The molecule has 1 aliphatic rings. The molecule has 0 aromatic heterocycles. The number of carbonyl (C=O) groups excluding carboxylic acids is 1. The number of benzene rings is 2. The van der Waals surface area contributed by atoms with Crippen molar-refractivity contribution in [3.8, 4) is 5.75 Å². The van der Waals surface area contributed by atoms with Crippen molar-refractivity contribution in [3.05, 3.63) is 60.2 Å². The molecule has 1 heterocycles. The second-order valence-electron chi connectivity index (χ2n) is 7.43. The zero-order valence-corrected chi connectivity index (χ0v) is 18.6. The van der Waals surface area contributed by atoms with Gasteiger partial charge in [-0.1, -0.05) is 37.3 Å². The maximum atomic E-state index is 12.6. The van der Waals surface area contributed by atoms with Crippen LogP contribution in [0.1, 0.15) is 37.9 Å². The smallest absolute Gasteiger partial charge is 0.240 e. The Balaban J connectivity index is 1.43. The summed E-state index contributed by atoms with van der Waals surface area (Å²) in [6.45, 7) is 4.37. The number of nitrogens with one attached hydrogen (secondary N) is 1. The standard InChI is InChI=1S/C23H30N2O5S/c1-2-16-29-20-10-12-21(13-11-20)31(27,28)24-14-6-9-23(26)25-15-17-30-22(18-25)19-7-4-3-5-8-19/h3-5,7-8,10-13,22,24H,2,6,9,14-18H2,1H3. The predicted molar refractivity (Wildman–Crippen MR) is 118 cm³/mol. The number of ether oxygens (including phenoxy) is 2. The number of carbonyl (C=O) groups is 1. The number of hydrogen-bond acceptors (Lipinski definition) is 5. The maximum Gasteiger partial charge on any atom is 0.240 e. The highest BCUT2D eigenvalue weighted by Gasteiger charge is 2.25. The van der Waals surface area contributed by atoms with Gasteiger partial charge in [0.25, 0.3) is 0 Å². The van der Waals surface area contributed by atoms with Gasteiger partial charge < -0.3 is 14.4 Å². The molecule has 0 saturated carbocycles. The average molecular weight is 447 g/mol. The maximum absolute atomic E-state index is 12.6. The van der Waals surface area contributed by atoms with Gasteiger partial charge in [-0.15, -0.1) is 0 Å². The fourth-order valence-electron chi connectivity index (χ4n) is 3.37. The highest BCUT2D eigenvalue weighted by molar-refractivity contribution is 7.89. The van der Waals surface area contributed by atoms with E-state index in [0.29, 0.717) is 38.5 Å². The van der Waals surface area contributed by atoms with Crippen LogP contribution < -0.4 is 9.46 Å². The molecule has 0 aliphatic carbocycles. The molecule has 1 saturated heterocycles. The summed E-state index contributed by atoms with van der Waals surface area (Å²) in [5.74, 6) is 0.659. The van der Waals surface area contributed by atoms with Crippen molar-refractivity contribution in [3.63, 3.8) is 0 Å². The van der Waals surface area contributed by atoms with E-state index in [2.05, 4.69) is 4.72 Å². The van der Waals surface area contributed by atoms with Crippen LogP contribution in [0, 0.1) is 0 Å². The quantitative estimate of drug-likeness (QED) is 0.567. The van der Waals surface area contributed by atoms with Crippen molar-refractivity contribution in [2.45, 2.75) is 37.2 Å². The van der Waals surface area contributed by atoms with Crippen molar-refractivity contribution < 1.29 is 22.7 Å². The summed E-state index contributed by atoms with van der Waals surface area (Å²) in [7, 11) is -3.62. The molecule has 7 nitrogen and oxygen atoms in total. The van der Waals surface area contributed by atoms with Crippen LogP contribution in [0.5, 0.6) is 5.75 Å². The molecule has 1 N–H and O–H groups in total. The van der Waals surface area contributed by atoms with E-state index in [1.54, 1.807) is 17.0 Å². The topological polar surface area (TPSA) is 84.9 Å². The van der Waals surface area contributed by atoms with Gasteiger partial charge in [0.1, 0.15) is 11.9 Å². The molecule has 3 rings (SSSR count). The normalized spacial score (nSPS) is 16.8. The summed E-state index contributed by atoms with van der Waals surface area (Å²) < 4.78 is 38.7. The lowest BCUT2D eigenvalue weighted by Gasteiger charge is -2.33. The first-order valence-corrected chi connectivity index (χ1v) is 12.1. The van der Waals surface area contributed by atoms with Crippen molar-refractivity contribution in [1.82, 2.24) is 9.62 Å². The van der Waals surface area contributed by atoms with Crippen LogP contribution in [-0.4, -0.2) is 52.1 Å². The number of nitrogens with zero attached hydrogens (tertiary/aromatic N) is 1. The Kier molecular flexibility index (Phi) is 8.45. The summed E-state index contributed by atoms with van der Waals surface area (Å²) in [5.41, 5.74) is 1.05. The molecule has 1 fully saturated rings. The van der Waals surface area contributed by atoms with Crippen molar-refractivity contribution in [2.75, 3.05) is 32.8 Å². The zero-order valence-electron chi connectivity index (χ0n) is 17.8. The minimum atomic E-state index is -3.62. The highest BCUT2D eigenvalue weighted by Crippen LogP contribution is 2.22.